The van der Waals surface area contributed by atoms with Crippen LogP contribution in [0, 0.1) is 0 Å². The van der Waals surface area contributed by atoms with Gasteiger partial charge in [-0.15, -0.1) is 0 Å². The van der Waals surface area contributed by atoms with E-state index in [1.807, 2.05) is 0 Å². The molecule has 1 N–H and O–H groups in total. The molecule has 0 aliphatic carbocycles. The Hall–Kier alpha value is -1.72. The lowest BCUT2D eigenvalue weighted by Crippen LogP contribution is -2.42. The number of nitrogens with zero attached hydrogens (tertiary/aromatic N) is 1. The minimum absolute atomic E-state index is 0.110. The van der Waals surface area contributed by atoms with Crippen molar-refractivity contribution in [1.29, 1.82) is 0 Å². The van der Waals surface area contributed by atoms with Crippen LogP contribution in [0.1, 0.15) is 30.4 Å². The minimum Gasteiger partial charge on any atom is -0.334 e. The number of nitrogens with one attached hydrogen (secondary N) is 1. The summed E-state index contributed by atoms with van der Waals surface area (Å²) in [6.45, 7) is 1.54. The number of amides is 2. The van der Waals surface area contributed by atoms with E-state index in [1.165, 1.54) is 6.07 Å². The highest BCUT2D eigenvalue weighted by Gasteiger charge is 2.30. The maximum absolute atomic E-state index is 12.6. The van der Waals surface area contributed by atoms with Gasteiger partial charge in [-0.3, -0.25) is 0 Å². The van der Waals surface area contributed by atoms with E-state index >= 15 is 0 Å². The molecular weight excluding hydrogens is 269 g/mol. The molecule has 0 spiro atoms. The maximum Gasteiger partial charge on any atom is 0.416 e. The summed E-state index contributed by atoms with van der Waals surface area (Å²) in [6, 6.07) is 4.81. The van der Waals surface area contributed by atoms with Crippen molar-refractivity contribution in [2.45, 2.75) is 32.0 Å². The number of likely N-dealkylation sites (tertiary alicyclic amines) is 1. The summed E-state index contributed by atoms with van der Waals surface area (Å²) in [5, 5.41) is 2.67. The summed E-state index contributed by atoms with van der Waals surface area (Å²) >= 11 is 0. The zero-order valence-corrected chi connectivity index (χ0v) is 11.0. The zero-order valence-electron chi connectivity index (χ0n) is 11.0. The molecule has 0 bridgehead atoms. The second-order valence-electron chi connectivity index (χ2n) is 4.90. The average Bonchev–Trinajstić information content (AvgIpc) is 2.45. The van der Waals surface area contributed by atoms with Gasteiger partial charge in [0.1, 0.15) is 0 Å². The SMILES string of the molecule is O=C(NCc1cccc(C(F)(F)F)c1)N1CCCCC1. The Labute approximate surface area is 115 Å². The van der Waals surface area contributed by atoms with E-state index in [9.17, 15) is 18.0 Å². The number of halogens is 3. The lowest BCUT2D eigenvalue weighted by atomic mass is 10.1. The van der Waals surface area contributed by atoms with Crippen LogP contribution < -0.4 is 5.32 Å². The van der Waals surface area contributed by atoms with Crippen molar-refractivity contribution in [2.24, 2.45) is 0 Å². The first-order valence-electron chi connectivity index (χ1n) is 6.66. The summed E-state index contributed by atoms with van der Waals surface area (Å²) in [6.07, 6.45) is -1.27. The second kappa shape index (κ2) is 6.15. The Kier molecular flexibility index (Phi) is 4.52. The van der Waals surface area contributed by atoms with Gasteiger partial charge in [0.15, 0.2) is 0 Å². The van der Waals surface area contributed by atoms with Crippen molar-refractivity contribution in [3.05, 3.63) is 35.4 Å². The van der Waals surface area contributed by atoms with Crippen molar-refractivity contribution in [3.8, 4) is 0 Å². The molecule has 20 heavy (non-hydrogen) atoms. The Balaban J connectivity index is 1.92. The number of urea groups is 1. The molecule has 1 aliphatic rings. The van der Waals surface area contributed by atoms with Gasteiger partial charge in [0.25, 0.3) is 0 Å². The van der Waals surface area contributed by atoms with E-state index in [4.69, 9.17) is 0 Å². The fourth-order valence-electron chi connectivity index (χ4n) is 2.24. The van der Waals surface area contributed by atoms with E-state index in [2.05, 4.69) is 5.32 Å². The van der Waals surface area contributed by atoms with Crippen molar-refractivity contribution < 1.29 is 18.0 Å². The molecule has 2 rings (SSSR count). The number of hydrogen-bond donors (Lipinski definition) is 1. The monoisotopic (exact) mass is 286 g/mol. The number of carbonyl (C=O) groups is 1. The first kappa shape index (κ1) is 14.7. The van der Waals surface area contributed by atoms with Crippen LogP contribution in [0.3, 0.4) is 0 Å². The predicted octanol–water partition coefficient (Wildman–Crippen LogP) is 3.40. The van der Waals surface area contributed by atoms with Gasteiger partial charge < -0.3 is 10.2 Å². The third kappa shape index (κ3) is 3.88. The lowest BCUT2D eigenvalue weighted by Gasteiger charge is -2.26. The molecule has 3 nitrogen and oxygen atoms in total. The normalized spacial score (nSPS) is 16.1. The molecular formula is C14H17F3N2O. The quantitative estimate of drug-likeness (QED) is 0.888. The highest BCUT2D eigenvalue weighted by molar-refractivity contribution is 5.74. The molecule has 0 unspecified atom stereocenters. The fraction of sp³-hybridized carbons (Fsp3) is 0.500. The van der Waals surface area contributed by atoms with E-state index < -0.39 is 11.7 Å². The van der Waals surface area contributed by atoms with Gasteiger partial charge in [0.2, 0.25) is 0 Å². The molecule has 6 heteroatoms. The van der Waals surface area contributed by atoms with Crippen LogP contribution in [0.5, 0.6) is 0 Å². The van der Waals surface area contributed by atoms with Crippen LogP contribution in [0.15, 0.2) is 24.3 Å². The molecule has 0 aromatic heterocycles. The molecule has 0 atom stereocenters. The molecule has 1 aromatic carbocycles. The van der Waals surface area contributed by atoms with Crippen LogP contribution in [-0.2, 0) is 12.7 Å². The van der Waals surface area contributed by atoms with E-state index in [-0.39, 0.29) is 12.6 Å². The van der Waals surface area contributed by atoms with E-state index in [1.54, 1.807) is 11.0 Å². The van der Waals surface area contributed by atoms with Crippen LogP contribution in [0.2, 0.25) is 0 Å². The number of rotatable bonds is 2. The van der Waals surface area contributed by atoms with Gasteiger partial charge in [0.05, 0.1) is 5.56 Å². The van der Waals surface area contributed by atoms with Crippen LogP contribution in [0.4, 0.5) is 18.0 Å². The maximum atomic E-state index is 12.6. The zero-order chi connectivity index (χ0) is 14.6. The first-order chi connectivity index (χ1) is 9.47. The molecule has 1 heterocycles. The first-order valence-corrected chi connectivity index (χ1v) is 6.66. The number of hydrogen-bond acceptors (Lipinski definition) is 1. The van der Waals surface area contributed by atoms with Crippen molar-refractivity contribution in [2.75, 3.05) is 13.1 Å². The van der Waals surface area contributed by atoms with Gasteiger partial charge >= 0.3 is 12.2 Å². The lowest BCUT2D eigenvalue weighted by molar-refractivity contribution is -0.137. The summed E-state index contributed by atoms with van der Waals surface area (Å²) in [5.41, 5.74) is -0.243. The van der Waals surface area contributed by atoms with Gasteiger partial charge in [-0.2, -0.15) is 13.2 Å². The fourth-order valence-corrected chi connectivity index (χ4v) is 2.24. The second-order valence-corrected chi connectivity index (χ2v) is 4.90. The largest absolute Gasteiger partial charge is 0.416 e. The number of carbonyl (C=O) groups excluding carboxylic acids is 1. The average molecular weight is 286 g/mol. The minimum atomic E-state index is -4.35. The summed E-state index contributed by atoms with van der Waals surface area (Å²) < 4.78 is 37.7. The standard InChI is InChI=1S/C14H17F3N2O/c15-14(16,17)12-6-4-5-11(9-12)10-18-13(20)19-7-2-1-3-8-19/h4-6,9H,1-3,7-8,10H2,(H,18,20). The molecule has 0 radical (unpaired) electrons. The van der Waals surface area contributed by atoms with Gasteiger partial charge in [-0.25, -0.2) is 4.79 Å². The van der Waals surface area contributed by atoms with Crippen molar-refractivity contribution >= 4 is 6.03 Å². The van der Waals surface area contributed by atoms with Crippen LogP contribution in [0.25, 0.3) is 0 Å². The van der Waals surface area contributed by atoms with Crippen LogP contribution in [-0.4, -0.2) is 24.0 Å². The molecule has 110 valence electrons. The third-order valence-corrected chi connectivity index (χ3v) is 3.34. The Morgan fingerprint density at radius 1 is 1.20 bits per heavy atom. The predicted molar refractivity (Wildman–Crippen MR) is 69.1 cm³/mol. The molecule has 2 amide bonds. The summed E-state index contributed by atoms with van der Waals surface area (Å²) in [5.74, 6) is 0. The number of alkyl halides is 3. The Morgan fingerprint density at radius 2 is 1.90 bits per heavy atom. The Morgan fingerprint density at radius 3 is 2.55 bits per heavy atom. The third-order valence-electron chi connectivity index (χ3n) is 3.34. The molecule has 0 saturated carbocycles. The van der Waals surface area contributed by atoms with Gasteiger partial charge in [-0.1, -0.05) is 12.1 Å². The molecule has 1 saturated heterocycles. The van der Waals surface area contributed by atoms with E-state index in [0.29, 0.717) is 18.7 Å². The molecule has 1 aliphatic heterocycles. The summed E-state index contributed by atoms with van der Waals surface area (Å²) in [7, 11) is 0. The molecule has 1 aromatic rings. The van der Waals surface area contributed by atoms with Crippen molar-refractivity contribution in [1.82, 2.24) is 10.2 Å². The highest BCUT2D eigenvalue weighted by atomic mass is 19.4. The van der Waals surface area contributed by atoms with Gasteiger partial charge in [0, 0.05) is 19.6 Å². The van der Waals surface area contributed by atoms with Crippen LogP contribution >= 0.6 is 0 Å². The molecule has 1 fully saturated rings. The highest BCUT2D eigenvalue weighted by Crippen LogP contribution is 2.29. The van der Waals surface area contributed by atoms with Crippen molar-refractivity contribution in [3.63, 3.8) is 0 Å². The smallest absolute Gasteiger partial charge is 0.334 e. The number of benzene rings is 1. The Bertz CT molecular complexity index is 468. The van der Waals surface area contributed by atoms with Gasteiger partial charge in [-0.05, 0) is 37.0 Å². The summed E-state index contributed by atoms with van der Waals surface area (Å²) in [4.78, 5) is 13.6. The number of piperidine rings is 1. The van der Waals surface area contributed by atoms with E-state index in [0.717, 1.165) is 31.4 Å². The topological polar surface area (TPSA) is 32.3 Å².